The van der Waals surface area contributed by atoms with Gasteiger partial charge in [-0.1, -0.05) is 53.9 Å². The Hall–Kier alpha value is -2.24. The lowest BCUT2D eigenvalue weighted by Gasteiger charge is -2.20. The van der Waals surface area contributed by atoms with Crippen LogP contribution in [0.1, 0.15) is 20.3 Å². The molecule has 1 aromatic heterocycles. The summed E-state index contributed by atoms with van der Waals surface area (Å²) in [5.74, 6) is 0.822. The summed E-state index contributed by atoms with van der Waals surface area (Å²) in [6.07, 6.45) is 2.35. The first kappa shape index (κ1) is 16.6. The Kier molecular flexibility index (Phi) is 5.56. The Morgan fingerprint density at radius 3 is 2.33 bits per heavy atom. The van der Waals surface area contributed by atoms with E-state index >= 15 is 0 Å². The summed E-state index contributed by atoms with van der Waals surface area (Å²) in [4.78, 5) is 1.04. The van der Waals surface area contributed by atoms with E-state index in [0.717, 1.165) is 33.7 Å². The zero-order chi connectivity index (χ0) is 16.8. The Morgan fingerprint density at radius 1 is 0.958 bits per heavy atom. The molecule has 24 heavy (non-hydrogen) atoms. The van der Waals surface area contributed by atoms with Crippen LogP contribution in [0, 0.1) is 0 Å². The smallest absolute Gasteiger partial charge is 0.199 e. The van der Waals surface area contributed by atoms with Gasteiger partial charge in [0.2, 0.25) is 0 Å². The van der Waals surface area contributed by atoms with Crippen LogP contribution in [0.25, 0.3) is 21.6 Å². The molecule has 0 radical (unpaired) electrons. The first-order valence-electron chi connectivity index (χ1n) is 8.07. The molecule has 2 aromatic carbocycles. The molecule has 1 heterocycles. The summed E-state index contributed by atoms with van der Waals surface area (Å²) in [5.41, 5.74) is 3.25. The quantitative estimate of drug-likeness (QED) is 0.566. The third kappa shape index (κ3) is 3.63. The molecule has 1 unspecified atom stereocenters. The number of aromatic nitrogens is 2. The highest BCUT2D eigenvalue weighted by Gasteiger charge is 2.15. The average molecular weight is 340 g/mol. The summed E-state index contributed by atoms with van der Waals surface area (Å²) in [7, 11) is 0. The Bertz CT molecular complexity index is 775. The van der Waals surface area contributed by atoms with Crippen LogP contribution in [0.3, 0.4) is 0 Å². The second kappa shape index (κ2) is 8.04. The van der Waals surface area contributed by atoms with E-state index in [2.05, 4.69) is 34.7 Å². The molecule has 0 amide bonds. The predicted molar refractivity (Wildman–Crippen MR) is 97.1 cm³/mol. The van der Waals surface area contributed by atoms with Gasteiger partial charge in [0.05, 0.1) is 11.1 Å². The van der Waals surface area contributed by atoms with Crippen LogP contribution in [0.4, 0.5) is 0 Å². The Balaban J connectivity index is 2.02. The number of rotatable bonds is 7. The maximum absolute atomic E-state index is 6.11. The molecular formula is C19H20N2O2S. The molecule has 4 nitrogen and oxygen atoms in total. The van der Waals surface area contributed by atoms with Crippen molar-refractivity contribution in [2.75, 3.05) is 6.61 Å². The SMILES string of the molecule is CCOC(CC)Oc1ccccc1-c1ccccc1-c1cnns1. The predicted octanol–water partition coefficient (Wildman–Crippen LogP) is 5.02. The molecule has 0 aliphatic rings. The lowest BCUT2D eigenvalue weighted by atomic mass is 9.98. The fourth-order valence-electron chi connectivity index (χ4n) is 2.57. The second-order valence-corrected chi connectivity index (χ2v) is 6.02. The normalized spacial score (nSPS) is 12.1. The van der Waals surface area contributed by atoms with Gasteiger partial charge in [0.1, 0.15) is 5.75 Å². The van der Waals surface area contributed by atoms with Crippen LogP contribution in [0.5, 0.6) is 5.75 Å². The van der Waals surface area contributed by atoms with E-state index in [-0.39, 0.29) is 6.29 Å². The molecule has 0 N–H and O–H groups in total. The van der Waals surface area contributed by atoms with E-state index in [1.165, 1.54) is 11.5 Å². The standard InChI is InChI=1S/C19H20N2O2S/c1-3-19(22-4-2)23-17-12-8-7-10-15(17)14-9-5-6-11-16(14)18-13-20-21-24-18/h5-13,19H,3-4H2,1-2H3. The average Bonchev–Trinajstić information content (AvgIpc) is 3.16. The minimum absolute atomic E-state index is 0.242. The van der Waals surface area contributed by atoms with Gasteiger partial charge in [-0.05, 0) is 30.1 Å². The number of benzene rings is 2. The van der Waals surface area contributed by atoms with Crippen molar-refractivity contribution in [3.05, 3.63) is 54.7 Å². The van der Waals surface area contributed by atoms with Crippen molar-refractivity contribution in [2.24, 2.45) is 0 Å². The van der Waals surface area contributed by atoms with E-state index < -0.39 is 0 Å². The van der Waals surface area contributed by atoms with Crippen LogP contribution in [-0.2, 0) is 4.74 Å². The van der Waals surface area contributed by atoms with Gasteiger partial charge in [0, 0.05) is 24.2 Å². The van der Waals surface area contributed by atoms with Crippen LogP contribution < -0.4 is 4.74 Å². The van der Waals surface area contributed by atoms with Crippen LogP contribution in [0.15, 0.2) is 54.7 Å². The number of ether oxygens (including phenoxy) is 2. The molecule has 5 heteroatoms. The van der Waals surface area contributed by atoms with Gasteiger partial charge in [-0.15, -0.1) is 5.10 Å². The van der Waals surface area contributed by atoms with Crippen molar-refractivity contribution in [1.29, 1.82) is 0 Å². The largest absolute Gasteiger partial charge is 0.464 e. The summed E-state index contributed by atoms with van der Waals surface area (Å²) >= 11 is 1.39. The molecule has 124 valence electrons. The molecule has 0 bridgehead atoms. The molecule has 0 saturated carbocycles. The van der Waals surface area contributed by atoms with Gasteiger partial charge in [-0.2, -0.15) is 0 Å². The van der Waals surface area contributed by atoms with Gasteiger partial charge < -0.3 is 9.47 Å². The van der Waals surface area contributed by atoms with Crippen LogP contribution >= 0.6 is 11.5 Å². The number of nitrogens with zero attached hydrogens (tertiary/aromatic N) is 2. The van der Waals surface area contributed by atoms with E-state index in [0.29, 0.717) is 6.61 Å². The third-order valence-electron chi connectivity index (χ3n) is 3.68. The van der Waals surface area contributed by atoms with Crippen LogP contribution in [0.2, 0.25) is 0 Å². The fourth-order valence-corrected chi connectivity index (χ4v) is 3.13. The van der Waals surface area contributed by atoms with Crippen molar-refractivity contribution in [3.63, 3.8) is 0 Å². The minimum Gasteiger partial charge on any atom is -0.464 e. The minimum atomic E-state index is -0.242. The van der Waals surface area contributed by atoms with Crippen molar-refractivity contribution in [2.45, 2.75) is 26.6 Å². The first-order valence-corrected chi connectivity index (χ1v) is 8.85. The molecule has 0 fully saturated rings. The van der Waals surface area contributed by atoms with E-state index in [1.54, 1.807) is 6.20 Å². The van der Waals surface area contributed by atoms with Gasteiger partial charge in [0.15, 0.2) is 6.29 Å². The van der Waals surface area contributed by atoms with Crippen molar-refractivity contribution in [3.8, 4) is 27.3 Å². The second-order valence-electron chi connectivity index (χ2n) is 5.23. The van der Waals surface area contributed by atoms with Crippen molar-refractivity contribution < 1.29 is 9.47 Å². The van der Waals surface area contributed by atoms with Gasteiger partial charge in [-0.25, -0.2) is 0 Å². The van der Waals surface area contributed by atoms with Gasteiger partial charge >= 0.3 is 0 Å². The number of hydrogen-bond acceptors (Lipinski definition) is 5. The van der Waals surface area contributed by atoms with Gasteiger partial charge in [-0.3, -0.25) is 0 Å². The Labute approximate surface area is 146 Å². The maximum atomic E-state index is 6.11. The number of para-hydroxylation sites is 1. The highest BCUT2D eigenvalue weighted by atomic mass is 32.1. The van der Waals surface area contributed by atoms with E-state index in [1.807, 2.05) is 37.3 Å². The summed E-state index contributed by atoms with van der Waals surface area (Å²) in [6, 6.07) is 16.3. The van der Waals surface area contributed by atoms with Crippen molar-refractivity contribution in [1.82, 2.24) is 9.59 Å². The summed E-state index contributed by atoms with van der Waals surface area (Å²) in [6.45, 7) is 4.66. The summed E-state index contributed by atoms with van der Waals surface area (Å²) < 4.78 is 15.7. The van der Waals surface area contributed by atoms with Crippen LogP contribution in [-0.4, -0.2) is 22.5 Å². The molecule has 1 atom stereocenters. The molecule has 0 aliphatic carbocycles. The third-order valence-corrected chi connectivity index (χ3v) is 4.37. The molecule has 0 saturated heterocycles. The zero-order valence-corrected chi connectivity index (χ0v) is 14.6. The fraction of sp³-hybridized carbons (Fsp3) is 0.263. The highest BCUT2D eigenvalue weighted by molar-refractivity contribution is 7.09. The van der Waals surface area contributed by atoms with E-state index in [9.17, 15) is 0 Å². The first-order chi connectivity index (χ1) is 11.8. The highest BCUT2D eigenvalue weighted by Crippen LogP contribution is 2.38. The topological polar surface area (TPSA) is 44.2 Å². The zero-order valence-electron chi connectivity index (χ0n) is 13.8. The molecule has 3 rings (SSSR count). The lowest BCUT2D eigenvalue weighted by molar-refractivity contribution is -0.0763. The molecular weight excluding hydrogens is 320 g/mol. The van der Waals surface area contributed by atoms with Crippen molar-refractivity contribution >= 4 is 11.5 Å². The Morgan fingerprint density at radius 2 is 1.67 bits per heavy atom. The van der Waals surface area contributed by atoms with E-state index in [4.69, 9.17) is 9.47 Å². The molecule has 3 aromatic rings. The molecule has 0 spiro atoms. The summed E-state index contributed by atoms with van der Waals surface area (Å²) in [5, 5.41) is 3.96. The lowest BCUT2D eigenvalue weighted by Crippen LogP contribution is -2.19. The number of hydrogen-bond donors (Lipinski definition) is 0. The molecule has 0 aliphatic heterocycles. The van der Waals surface area contributed by atoms with Gasteiger partial charge in [0.25, 0.3) is 0 Å². The monoisotopic (exact) mass is 340 g/mol. The maximum Gasteiger partial charge on any atom is 0.199 e.